The fourth-order valence-electron chi connectivity index (χ4n) is 1.08. The minimum atomic E-state index is -0.479. The molecule has 0 aliphatic carbocycles. The zero-order valence-corrected chi connectivity index (χ0v) is 9.52. The maximum atomic E-state index is 10.6. The van der Waals surface area contributed by atoms with Crippen molar-refractivity contribution in [1.82, 2.24) is 0 Å². The molecule has 0 aliphatic heterocycles. The average molecular weight is 249 g/mol. The number of nitrogens with two attached hydrogens (primary N) is 1. The predicted molar refractivity (Wildman–Crippen MR) is 60.7 cm³/mol. The number of benzene rings is 1. The van der Waals surface area contributed by atoms with Crippen molar-refractivity contribution in [2.75, 3.05) is 19.0 Å². The van der Waals surface area contributed by atoms with Crippen molar-refractivity contribution < 1.29 is 9.53 Å². The molecule has 3 N–H and O–H groups in total. The minimum absolute atomic E-state index is 0.00691. The van der Waals surface area contributed by atoms with E-state index in [9.17, 15) is 4.79 Å². The SMILES string of the molecule is COc1c(Cl)cc(Cl)cc1NCC(N)=O. The lowest BCUT2D eigenvalue weighted by molar-refractivity contribution is -0.116. The summed E-state index contributed by atoms with van der Waals surface area (Å²) in [5.74, 6) is -0.0459. The second kappa shape index (κ2) is 5.09. The van der Waals surface area contributed by atoms with Crippen LogP contribution in [0, 0.1) is 0 Å². The number of rotatable bonds is 4. The Morgan fingerprint density at radius 2 is 2.20 bits per heavy atom. The Morgan fingerprint density at radius 3 is 2.73 bits per heavy atom. The van der Waals surface area contributed by atoms with E-state index in [1.807, 2.05) is 0 Å². The highest BCUT2D eigenvalue weighted by Gasteiger charge is 2.09. The van der Waals surface area contributed by atoms with Crippen LogP contribution in [0.4, 0.5) is 5.69 Å². The normalized spacial score (nSPS) is 9.80. The monoisotopic (exact) mass is 248 g/mol. The molecule has 0 bridgehead atoms. The fraction of sp³-hybridized carbons (Fsp3) is 0.222. The molecule has 82 valence electrons. The molecule has 1 aromatic rings. The van der Waals surface area contributed by atoms with Crippen molar-refractivity contribution in [3.63, 3.8) is 0 Å². The molecule has 0 saturated heterocycles. The van der Waals surface area contributed by atoms with Crippen molar-refractivity contribution in [3.05, 3.63) is 22.2 Å². The van der Waals surface area contributed by atoms with Gasteiger partial charge in [0.15, 0.2) is 5.75 Å². The third kappa shape index (κ3) is 3.18. The Balaban J connectivity index is 2.98. The van der Waals surface area contributed by atoms with E-state index in [-0.39, 0.29) is 6.54 Å². The van der Waals surface area contributed by atoms with Crippen LogP contribution in [-0.2, 0) is 4.79 Å². The van der Waals surface area contributed by atoms with E-state index in [0.29, 0.717) is 21.5 Å². The van der Waals surface area contributed by atoms with Gasteiger partial charge in [0, 0.05) is 5.02 Å². The van der Waals surface area contributed by atoms with E-state index in [0.717, 1.165) is 0 Å². The third-order valence-corrected chi connectivity index (χ3v) is 2.16. The highest BCUT2D eigenvalue weighted by atomic mass is 35.5. The van der Waals surface area contributed by atoms with Crippen LogP contribution in [-0.4, -0.2) is 19.6 Å². The van der Waals surface area contributed by atoms with Gasteiger partial charge in [0.2, 0.25) is 5.91 Å². The molecular formula is C9H10Cl2N2O2. The molecular weight excluding hydrogens is 239 g/mol. The summed E-state index contributed by atoms with van der Waals surface area (Å²) < 4.78 is 5.06. The van der Waals surface area contributed by atoms with Crippen LogP contribution < -0.4 is 15.8 Å². The number of ether oxygens (including phenoxy) is 1. The van der Waals surface area contributed by atoms with Gasteiger partial charge in [0.05, 0.1) is 24.4 Å². The van der Waals surface area contributed by atoms with Crippen molar-refractivity contribution in [1.29, 1.82) is 0 Å². The highest BCUT2D eigenvalue weighted by Crippen LogP contribution is 2.35. The lowest BCUT2D eigenvalue weighted by Gasteiger charge is -2.11. The number of primary amides is 1. The van der Waals surface area contributed by atoms with Gasteiger partial charge in [-0.3, -0.25) is 4.79 Å². The molecule has 15 heavy (non-hydrogen) atoms. The van der Waals surface area contributed by atoms with Crippen LogP contribution in [0.15, 0.2) is 12.1 Å². The van der Waals surface area contributed by atoms with Gasteiger partial charge in [0.25, 0.3) is 0 Å². The fourth-order valence-corrected chi connectivity index (χ4v) is 1.65. The molecule has 0 unspecified atom stereocenters. The standard InChI is InChI=1S/C9H10Cl2N2O2/c1-15-9-6(11)2-5(10)3-7(9)13-4-8(12)14/h2-3,13H,4H2,1H3,(H2,12,14). The molecule has 6 heteroatoms. The van der Waals surface area contributed by atoms with Gasteiger partial charge in [-0.15, -0.1) is 0 Å². The maximum Gasteiger partial charge on any atom is 0.236 e. The number of carbonyl (C=O) groups is 1. The number of nitrogens with one attached hydrogen (secondary N) is 1. The van der Waals surface area contributed by atoms with Crippen molar-refractivity contribution in [2.24, 2.45) is 5.73 Å². The summed E-state index contributed by atoms with van der Waals surface area (Å²) in [7, 11) is 1.48. The number of anilines is 1. The van der Waals surface area contributed by atoms with Crippen LogP contribution in [0.3, 0.4) is 0 Å². The molecule has 0 aromatic heterocycles. The van der Waals surface area contributed by atoms with Gasteiger partial charge >= 0.3 is 0 Å². The molecule has 1 amide bonds. The van der Waals surface area contributed by atoms with Gasteiger partial charge in [-0.25, -0.2) is 0 Å². The quantitative estimate of drug-likeness (QED) is 0.856. The molecule has 0 atom stereocenters. The summed E-state index contributed by atoms with van der Waals surface area (Å²) in [5.41, 5.74) is 5.54. The third-order valence-electron chi connectivity index (χ3n) is 1.67. The summed E-state index contributed by atoms with van der Waals surface area (Å²) in [6.07, 6.45) is 0. The van der Waals surface area contributed by atoms with Gasteiger partial charge in [-0.2, -0.15) is 0 Å². The van der Waals surface area contributed by atoms with E-state index in [1.165, 1.54) is 7.11 Å². The van der Waals surface area contributed by atoms with Crippen LogP contribution in [0.5, 0.6) is 5.75 Å². The van der Waals surface area contributed by atoms with E-state index in [2.05, 4.69) is 5.32 Å². The molecule has 0 saturated carbocycles. The molecule has 0 heterocycles. The minimum Gasteiger partial charge on any atom is -0.493 e. The van der Waals surface area contributed by atoms with Crippen LogP contribution in [0.25, 0.3) is 0 Å². The molecule has 0 aliphatic rings. The second-order valence-corrected chi connectivity index (χ2v) is 3.63. The number of hydrogen-bond acceptors (Lipinski definition) is 3. The van der Waals surface area contributed by atoms with Crippen LogP contribution >= 0.6 is 23.2 Å². The van der Waals surface area contributed by atoms with E-state index < -0.39 is 5.91 Å². The van der Waals surface area contributed by atoms with Gasteiger partial charge in [-0.1, -0.05) is 23.2 Å². The zero-order chi connectivity index (χ0) is 11.4. The first-order chi connectivity index (χ1) is 7.04. The zero-order valence-electron chi connectivity index (χ0n) is 8.01. The van der Waals surface area contributed by atoms with Crippen LogP contribution in [0.2, 0.25) is 10.0 Å². The summed E-state index contributed by atoms with van der Waals surface area (Å²) in [4.78, 5) is 10.6. The Morgan fingerprint density at radius 1 is 1.53 bits per heavy atom. The Hall–Kier alpha value is -1.13. The Bertz CT molecular complexity index is 383. The van der Waals surface area contributed by atoms with E-state index in [1.54, 1.807) is 12.1 Å². The number of halogens is 2. The first kappa shape index (κ1) is 11.9. The van der Waals surface area contributed by atoms with Crippen molar-refractivity contribution in [3.8, 4) is 5.75 Å². The summed E-state index contributed by atoms with van der Waals surface area (Å²) in [5, 5.41) is 3.60. The molecule has 0 radical (unpaired) electrons. The van der Waals surface area contributed by atoms with Gasteiger partial charge in [-0.05, 0) is 12.1 Å². The lowest BCUT2D eigenvalue weighted by Crippen LogP contribution is -2.22. The largest absolute Gasteiger partial charge is 0.493 e. The lowest BCUT2D eigenvalue weighted by atomic mass is 10.3. The first-order valence-corrected chi connectivity index (χ1v) is 4.85. The second-order valence-electron chi connectivity index (χ2n) is 2.79. The number of carbonyl (C=O) groups excluding carboxylic acids is 1. The first-order valence-electron chi connectivity index (χ1n) is 4.09. The number of hydrogen-bond donors (Lipinski definition) is 2. The van der Waals surface area contributed by atoms with Gasteiger partial charge in [0.1, 0.15) is 0 Å². The molecule has 1 aromatic carbocycles. The summed E-state index contributed by atoms with van der Waals surface area (Å²) in [6, 6.07) is 3.16. The summed E-state index contributed by atoms with van der Waals surface area (Å²) in [6.45, 7) is -0.00691. The molecule has 0 spiro atoms. The van der Waals surface area contributed by atoms with Crippen molar-refractivity contribution >= 4 is 34.8 Å². The summed E-state index contributed by atoms with van der Waals surface area (Å²) >= 11 is 11.7. The Kier molecular flexibility index (Phi) is 4.05. The van der Waals surface area contributed by atoms with Crippen LogP contribution in [0.1, 0.15) is 0 Å². The van der Waals surface area contributed by atoms with E-state index >= 15 is 0 Å². The maximum absolute atomic E-state index is 10.6. The molecule has 0 fully saturated rings. The molecule has 4 nitrogen and oxygen atoms in total. The number of amides is 1. The number of methoxy groups -OCH3 is 1. The molecule has 1 rings (SSSR count). The van der Waals surface area contributed by atoms with E-state index in [4.69, 9.17) is 33.7 Å². The highest BCUT2D eigenvalue weighted by molar-refractivity contribution is 6.36. The topological polar surface area (TPSA) is 64.3 Å². The predicted octanol–water partition coefficient (Wildman–Crippen LogP) is 1.90. The van der Waals surface area contributed by atoms with Gasteiger partial charge < -0.3 is 15.8 Å². The average Bonchev–Trinajstić information content (AvgIpc) is 2.13. The van der Waals surface area contributed by atoms with Crippen molar-refractivity contribution in [2.45, 2.75) is 0 Å². The smallest absolute Gasteiger partial charge is 0.236 e. The Labute approximate surface area is 97.3 Å².